The summed E-state index contributed by atoms with van der Waals surface area (Å²) < 4.78 is 0. The molecule has 15 heavy (non-hydrogen) atoms. The van der Waals surface area contributed by atoms with Crippen LogP contribution in [0.15, 0.2) is 24.3 Å². The molecule has 0 amide bonds. The number of hydrogen-bond donors (Lipinski definition) is 2. The van der Waals surface area contributed by atoms with Crippen LogP contribution in [0, 0.1) is 0 Å². The molecule has 1 atom stereocenters. The average molecular weight is 221 g/mol. The van der Waals surface area contributed by atoms with Crippen molar-refractivity contribution in [1.29, 1.82) is 0 Å². The fourth-order valence-electron chi connectivity index (χ4n) is 1.53. The maximum atomic E-state index is 6.04. The van der Waals surface area contributed by atoms with E-state index in [0.717, 1.165) is 29.0 Å². The highest BCUT2D eigenvalue weighted by Gasteiger charge is 2.10. The van der Waals surface area contributed by atoms with Crippen LogP contribution in [0.25, 0.3) is 11.0 Å². The summed E-state index contributed by atoms with van der Waals surface area (Å²) in [6.45, 7) is 0. The molecule has 0 radical (unpaired) electrons. The van der Waals surface area contributed by atoms with E-state index in [1.54, 1.807) is 0 Å². The Morgan fingerprint density at radius 1 is 1.47 bits per heavy atom. The van der Waals surface area contributed by atoms with Crippen LogP contribution in [0.4, 0.5) is 0 Å². The first-order valence-electron chi connectivity index (χ1n) is 5.00. The molecule has 0 unspecified atom stereocenters. The van der Waals surface area contributed by atoms with Gasteiger partial charge in [-0.1, -0.05) is 12.1 Å². The molecule has 0 aliphatic heterocycles. The standard InChI is InChI=1S/C11H15N3S/c1-15-7-6-8(12)11-13-9-4-2-3-5-10(9)14-11/h2-5,8H,6-7,12H2,1H3,(H,13,14)/t8-/m0/s1. The smallest absolute Gasteiger partial charge is 0.124 e. The van der Waals surface area contributed by atoms with E-state index in [9.17, 15) is 0 Å². The van der Waals surface area contributed by atoms with Gasteiger partial charge in [0.15, 0.2) is 0 Å². The molecule has 2 aromatic rings. The number of nitrogens with two attached hydrogens (primary N) is 1. The summed E-state index contributed by atoms with van der Waals surface area (Å²) >= 11 is 1.81. The van der Waals surface area contributed by atoms with E-state index < -0.39 is 0 Å². The second kappa shape index (κ2) is 4.68. The van der Waals surface area contributed by atoms with Crippen LogP contribution < -0.4 is 5.73 Å². The molecule has 0 bridgehead atoms. The Balaban J connectivity index is 2.20. The lowest BCUT2D eigenvalue weighted by Gasteiger charge is -2.06. The van der Waals surface area contributed by atoms with Gasteiger partial charge in [0.2, 0.25) is 0 Å². The van der Waals surface area contributed by atoms with Crippen LogP contribution in [-0.2, 0) is 0 Å². The third-order valence-electron chi connectivity index (χ3n) is 2.39. The molecule has 0 aliphatic rings. The molecule has 1 aromatic heterocycles. The lowest BCUT2D eigenvalue weighted by atomic mass is 10.2. The molecule has 3 N–H and O–H groups in total. The first-order chi connectivity index (χ1) is 7.31. The molecular weight excluding hydrogens is 206 g/mol. The van der Waals surface area contributed by atoms with Gasteiger partial charge in [0.25, 0.3) is 0 Å². The number of rotatable bonds is 4. The van der Waals surface area contributed by atoms with Crippen molar-refractivity contribution >= 4 is 22.8 Å². The summed E-state index contributed by atoms with van der Waals surface area (Å²) in [6.07, 6.45) is 3.05. The third-order valence-corrected chi connectivity index (χ3v) is 3.04. The van der Waals surface area contributed by atoms with E-state index in [-0.39, 0.29) is 6.04 Å². The predicted octanol–water partition coefficient (Wildman–Crippen LogP) is 2.32. The average Bonchev–Trinajstić information content (AvgIpc) is 2.69. The fourth-order valence-corrected chi connectivity index (χ4v) is 2.02. The number of H-pyrrole nitrogens is 1. The minimum absolute atomic E-state index is 0.0184. The number of hydrogen-bond acceptors (Lipinski definition) is 3. The predicted molar refractivity (Wildman–Crippen MR) is 66.0 cm³/mol. The van der Waals surface area contributed by atoms with Gasteiger partial charge >= 0.3 is 0 Å². The van der Waals surface area contributed by atoms with Crippen molar-refractivity contribution < 1.29 is 0 Å². The van der Waals surface area contributed by atoms with Crippen LogP contribution >= 0.6 is 11.8 Å². The SMILES string of the molecule is CSCC[C@H](N)c1nc2ccccc2[nH]1. The third kappa shape index (κ3) is 2.33. The lowest BCUT2D eigenvalue weighted by Crippen LogP contribution is -2.12. The van der Waals surface area contributed by atoms with Gasteiger partial charge in [0.05, 0.1) is 17.1 Å². The van der Waals surface area contributed by atoms with E-state index in [1.807, 2.05) is 36.0 Å². The van der Waals surface area contributed by atoms with E-state index in [1.165, 1.54) is 0 Å². The Morgan fingerprint density at radius 3 is 3.00 bits per heavy atom. The zero-order chi connectivity index (χ0) is 10.7. The van der Waals surface area contributed by atoms with Crippen molar-refractivity contribution in [3.63, 3.8) is 0 Å². The molecule has 0 saturated carbocycles. The molecule has 0 spiro atoms. The van der Waals surface area contributed by atoms with Gasteiger partial charge in [-0.15, -0.1) is 0 Å². The normalized spacial score (nSPS) is 13.2. The van der Waals surface area contributed by atoms with Crippen LogP contribution in [0.5, 0.6) is 0 Å². The maximum Gasteiger partial charge on any atom is 0.124 e. The largest absolute Gasteiger partial charge is 0.341 e. The number of nitrogens with one attached hydrogen (secondary N) is 1. The van der Waals surface area contributed by atoms with Crippen molar-refractivity contribution in [2.45, 2.75) is 12.5 Å². The maximum absolute atomic E-state index is 6.04. The highest BCUT2D eigenvalue weighted by Crippen LogP contribution is 2.17. The van der Waals surface area contributed by atoms with Gasteiger partial charge in [-0.25, -0.2) is 4.98 Å². The number of imidazole rings is 1. The molecular formula is C11H15N3S. The number of aromatic amines is 1. The highest BCUT2D eigenvalue weighted by atomic mass is 32.2. The minimum Gasteiger partial charge on any atom is -0.341 e. The first-order valence-corrected chi connectivity index (χ1v) is 6.40. The van der Waals surface area contributed by atoms with Crippen LogP contribution in [-0.4, -0.2) is 22.0 Å². The number of fused-ring (bicyclic) bond motifs is 1. The quantitative estimate of drug-likeness (QED) is 0.833. The Hall–Kier alpha value is -1.00. The van der Waals surface area contributed by atoms with Crippen molar-refractivity contribution in [2.24, 2.45) is 5.73 Å². The summed E-state index contributed by atoms with van der Waals surface area (Å²) in [7, 11) is 0. The second-order valence-electron chi connectivity index (χ2n) is 3.53. The summed E-state index contributed by atoms with van der Waals surface area (Å²) in [4.78, 5) is 7.73. The molecule has 0 saturated heterocycles. The summed E-state index contributed by atoms with van der Waals surface area (Å²) in [5.74, 6) is 1.96. The van der Waals surface area contributed by atoms with Crippen molar-refractivity contribution in [3.05, 3.63) is 30.1 Å². The minimum atomic E-state index is 0.0184. The van der Waals surface area contributed by atoms with Gasteiger partial charge in [0, 0.05) is 0 Å². The molecule has 2 rings (SSSR count). The Labute approximate surface area is 93.5 Å². The van der Waals surface area contributed by atoms with E-state index in [2.05, 4.69) is 16.2 Å². The van der Waals surface area contributed by atoms with E-state index in [4.69, 9.17) is 5.73 Å². The summed E-state index contributed by atoms with van der Waals surface area (Å²) in [5.41, 5.74) is 8.09. The fraction of sp³-hybridized carbons (Fsp3) is 0.364. The molecule has 1 heterocycles. The van der Waals surface area contributed by atoms with Gasteiger partial charge in [0.1, 0.15) is 5.82 Å². The number of para-hydroxylation sites is 2. The van der Waals surface area contributed by atoms with Crippen LogP contribution in [0.1, 0.15) is 18.3 Å². The van der Waals surface area contributed by atoms with Crippen LogP contribution in [0.3, 0.4) is 0 Å². The van der Waals surface area contributed by atoms with Gasteiger partial charge < -0.3 is 10.7 Å². The zero-order valence-corrected chi connectivity index (χ0v) is 9.55. The first kappa shape index (κ1) is 10.5. The van der Waals surface area contributed by atoms with Crippen LogP contribution in [0.2, 0.25) is 0 Å². The Morgan fingerprint density at radius 2 is 2.27 bits per heavy atom. The lowest BCUT2D eigenvalue weighted by molar-refractivity contribution is 0.666. The van der Waals surface area contributed by atoms with Crippen molar-refractivity contribution in [2.75, 3.05) is 12.0 Å². The van der Waals surface area contributed by atoms with Crippen molar-refractivity contribution in [1.82, 2.24) is 9.97 Å². The number of nitrogens with zero attached hydrogens (tertiary/aromatic N) is 1. The molecule has 80 valence electrons. The summed E-state index contributed by atoms with van der Waals surface area (Å²) in [6, 6.07) is 8.02. The molecule has 4 heteroatoms. The second-order valence-corrected chi connectivity index (χ2v) is 4.51. The Bertz CT molecular complexity index is 405. The molecule has 0 fully saturated rings. The van der Waals surface area contributed by atoms with Gasteiger partial charge in [-0.3, -0.25) is 0 Å². The number of thioether (sulfide) groups is 1. The van der Waals surface area contributed by atoms with Gasteiger partial charge in [-0.2, -0.15) is 11.8 Å². The van der Waals surface area contributed by atoms with E-state index >= 15 is 0 Å². The monoisotopic (exact) mass is 221 g/mol. The van der Waals surface area contributed by atoms with E-state index in [0.29, 0.717) is 0 Å². The highest BCUT2D eigenvalue weighted by molar-refractivity contribution is 7.98. The van der Waals surface area contributed by atoms with Crippen molar-refractivity contribution in [3.8, 4) is 0 Å². The summed E-state index contributed by atoms with van der Waals surface area (Å²) in [5, 5.41) is 0. The van der Waals surface area contributed by atoms with Gasteiger partial charge in [-0.05, 0) is 30.6 Å². The topological polar surface area (TPSA) is 54.7 Å². The molecule has 0 aliphatic carbocycles. The number of aromatic nitrogens is 2. The number of benzene rings is 1. The molecule has 3 nitrogen and oxygen atoms in total. The zero-order valence-electron chi connectivity index (χ0n) is 8.73. The Kier molecular flexibility index (Phi) is 3.28. The molecule has 1 aromatic carbocycles.